The average molecular weight is 548 g/mol. The Morgan fingerprint density at radius 2 is 1.92 bits per heavy atom. The van der Waals surface area contributed by atoms with Gasteiger partial charge in [0.15, 0.2) is 5.13 Å². The predicted molar refractivity (Wildman–Crippen MR) is 136 cm³/mol. The maximum absolute atomic E-state index is 13.7. The lowest BCUT2D eigenvalue weighted by Gasteiger charge is -2.26. The van der Waals surface area contributed by atoms with Gasteiger partial charge in [-0.15, -0.1) is 0 Å². The number of nitrogens with zero attached hydrogens (tertiary/aromatic N) is 3. The van der Waals surface area contributed by atoms with Crippen molar-refractivity contribution >= 4 is 54.2 Å². The predicted octanol–water partition coefficient (Wildman–Crippen LogP) is 4.42. The first kappa shape index (κ1) is 24.7. The Labute approximate surface area is 216 Å². The summed E-state index contributed by atoms with van der Waals surface area (Å²) in [7, 11) is -2.13. The number of ether oxygens (including phenoxy) is 2. The molecular formula is C24H22ClN3O6S2. The normalized spacial score (nSPS) is 14.7. The fourth-order valence-electron chi connectivity index (χ4n) is 3.87. The van der Waals surface area contributed by atoms with Gasteiger partial charge in [-0.1, -0.05) is 22.9 Å². The van der Waals surface area contributed by atoms with Crippen LogP contribution in [-0.2, 0) is 21.3 Å². The highest BCUT2D eigenvalue weighted by Gasteiger charge is 2.28. The molecule has 0 aliphatic carbocycles. The second kappa shape index (κ2) is 10.2. The standard InChI is InChI=1S/C24H22ClN3O6S2/c1-32-20-9-8-19(25)22-21(20)26-24(35-22)28(15-17-3-2-12-34-17)23(29)16-4-6-18(7-5-16)36(30,31)27-10-13-33-14-11-27/h2-9,12H,10-11,13-15H2,1H3. The van der Waals surface area contributed by atoms with Gasteiger partial charge < -0.3 is 13.9 Å². The summed E-state index contributed by atoms with van der Waals surface area (Å²) in [5.41, 5.74) is 0.856. The van der Waals surface area contributed by atoms with Crippen molar-refractivity contribution in [2.24, 2.45) is 0 Å². The monoisotopic (exact) mass is 547 g/mol. The van der Waals surface area contributed by atoms with E-state index >= 15 is 0 Å². The molecule has 9 nitrogen and oxygen atoms in total. The molecular weight excluding hydrogens is 526 g/mol. The number of amides is 1. The van der Waals surface area contributed by atoms with Gasteiger partial charge in [-0.05, 0) is 48.5 Å². The quantitative estimate of drug-likeness (QED) is 0.337. The fraction of sp³-hybridized carbons (Fsp3) is 0.250. The van der Waals surface area contributed by atoms with Crippen molar-refractivity contribution < 1.29 is 27.1 Å². The number of carbonyl (C=O) groups is 1. The second-order valence-electron chi connectivity index (χ2n) is 7.94. The molecule has 0 saturated carbocycles. The molecule has 0 atom stereocenters. The summed E-state index contributed by atoms with van der Waals surface area (Å²) in [6.07, 6.45) is 1.53. The number of rotatable bonds is 7. The van der Waals surface area contributed by atoms with Gasteiger partial charge in [0.25, 0.3) is 5.91 Å². The van der Waals surface area contributed by atoms with Crippen molar-refractivity contribution in [2.75, 3.05) is 38.3 Å². The lowest BCUT2D eigenvalue weighted by Crippen LogP contribution is -2.40. The van der Waals surface area contributed by atoms with E-state index in [1.807, 2.05) is 0 Å². The number of anilines is 1. The highest BCUT2D eigenvalue weighted by molar-refractivity contribution is 7.89. The number of hydrogen-bond acceptors (Lipinski definition) is 8. The lowest BCUT2D eigenvalue weighted by atomic mass is 10.2. The van der Waals surface area contributed by atoms with Crippen molar-refractivity contribution in [3.63, 3.8) is 0 Å². The highest BCUT2D eigenvalue weighted by Crippen LogP contribution is 2.39. The van der Waals surface area contributed by atoms with Gasteiger partial charge in [0.1, 0.15) is 17.0 Å². The fourth-order valence-corrected chi connectivity index (χ4v) is 6.53. The summed E-state index contributed by atoms with van der Waals surface area (Å²) < 4.78 is 44.1. The Hall–Kier alpha value is -2.96. The molecule has 188 valence electrons. The molecule has 2 aromatic heterocycles. The maximum atomic E-state index is 13.7. The summed E-state index contributed by atoms with van der Waals surface area (Å²) in [4.78, 5) is 19.9. The number of furan rings is 1. The number of sulfonamides is 1. The number of halogens is 1. The number of fused-ring (bicyclic) bond motifs is 1. The van der Waals surface area contributed by atoms with Gasteiger partial charge in [-0.25, -0.2) is 13.4 Å². The van der Waals surface area contributed by atoms with Crippen molar-refractivity contribution in [3.8, 4) is 5.75 Å². The first-order valence-corrected chi connectivity index (χ1v) is 13.7. The molecule has 3 heterocycles. The number of morpholine rings is 1. The lowest BCUT2D eigenvalue weighted by molar-refractivity contribution is 0.0730. The minimum absolute atomic E-state index is 0.120. The molecule has 36 heavy (non-hydrogen) atoms. The van der Waals surface area contributed by atoms with Crippen LogP contribution in [0.3, 0.4) is 0 Å². The minimum Gasteiger partial charge on any atom is -0.494 e. The molecule has 0 bridgehead atoms. The molecule has 0 N–H and O–H groups in total. The zero-order chi connectivity index (χ0) is 25.3. The molecule has 2 aromatic carbocycles. The van der Waals surface area contributed by atoms with Gasteiger partial charge >= 0.3 is 0 Å². The Bertz CT molecular complexity index is 1480. The molecule has 0 radical (unpaired) electrons. The van der Waals surface area contributed by atoms with Gasteiger partial charge in [0.2, 0.25) is 10.0 Å². The molecule has 1 amide bonds. The summed E-state index contributed by atoms with van der Waals surface area (Å²) in [6, 6.07) is 12.8. The van der Waals surface area contributed by atoms with E-state index in [4.69, 9.17) is 25.5 Å². The van der Waals surface area contributed by atoms with Crippen LogP contribution in [0.1, 0.15) is 16.1 Å². The summed E-state index contributed by atoms with van der Waals surface area (Å²) in [5, 5.41) is 0.903. The van der Waals surface area contributed by atoms with Crippen LogP contribution in [0.5, 0.6) is 5.75 Å². The van der Waals surface area contributed by atoms with E-state index in [0.717, 1.165) is 0 Å². The van der Waals surface area contributed by atoms with E-state index in [0.29, 0.717) is 63.7 Å². The zero-order valence-corrected chi connectivity index (χ0v) is 21.6. The number of carbonyl (C=O) groups excluding carboxylic acids is 1. The number of thiazole rings is 1. The first-order chi connectivity index (χ1) is 17.4. The summed E-state index contributed by atoms with van der Waals surface area (Å²) >= 11 is 7.65. The second-order valence-corrected chi connectivity index (χ2v) is 11.3. The molecule has 1 fully saturated rings. The molecule has 0 unspecified atom stereocenters. The van der Waals surface area contributed by atoms with Gasteiger partial charge in [-0.2, -0.15) is 4.31 Å². The van der Waals surface area contributed by atoms with Gasteiger partial charge in [0.05, 0.1) is 47.7 Å². The van der Waals surface area contributed by atoms with Crippen molar-refractivity contribution in [1.82, 2.24) is 9.29 Å². The third kappa shape index (κ3) is 4.72. The Kier molecular flexibility index (Phi) is 7.00. The molecule has 1 aliphatic heterocycles. The van der Waals surface area contributed by atoms with E-state index in [2.05, 4.69) is 4.98 Å². The van der Waals surface area contributed by atoms with E-state index in [1.165, 1.54) is 51.1 Å². The van der Waals surface area contributed by atoms with Crippen LogP contribution in [0.25, 0.3) is 10.2 Å². The zero-order valence-electron chi connectivity index (χ0n) is 19.2. The number of benzene rings is 2. The smallest absolute Gasteiger partial charge is 0.260 e. The summed E-state index contributed by atoms with van der Waals surface area (Å²) in [5.74, 6) is 0.739. The van der Waals surface area contributed by atoms with Crippen LogP contribution in [0, 0.1) is 0 Å². The van der Waals surface area contributed by atoms with Gasteiger partial charge in [-0.3, -0.25) is 9.69 Å². The van der Waals surface area contributed by atoms with Crippen LogP contribution in [-0.4, -0.2) is 57.0 Å². The molecule has 0 spiro atoms. The van der Waals surface area contributed by atoms with E-state index in [1.54, 1.807) is 31.4 Å². The number of hydrogen-bond donors (Lipinski definition) is 0. The highest BCUT2D eigenvalue weighted by atomic mass is 35.5. The largest absolute Gasteiger partial charge is 0.494 e. The van der Waals surface area contributed by atoms with Crippen LogP contribution in [0.15, 0.2) is 64.1 Å². The Balaban J connectivity index is 1.49. The van der Waals surface area contributed by atoms with Crippen LogP contribution < -0.4 is 9.64 Å². The van der Waals surface area contributed by atoms with Crippen molar-refractivity contribution in [3.05, 3.63) is 71.1 Å². The molecule has 1 aliphatic rings. The van der Waals surface area contributed by atoms with Crippen LogP contribution >= 0.6 is 22.9 Å². The summed E-state index contributed by atoms with van der Waals surface area (Å²) in [6.45, 7) is 1.43. The topological polar surface area (TPSA) is 102 Å². The van der Waals surface area contributed by atoms with Crippen LogP contribution in [0.4, 0.5) is 5.13 Å². The SMILES string of the molecule is COc1ccc(Cl)c2sc(N(Cc3ccco3)C(=O)c3ccc(S(=O)(=O)N4CCOCC4)cc3)nc12. The van der Waals surface area contributed by atoms with Crippen LogP contribution in [0.2, 0.25) is 5.02 Å². The Morgan fingerprint density at radius 1 is 1.17 bits per heavy atom. The first-order valence-electron chi connectivity index (χ1n) is 11.0. The van der Waals surface area contributed by atoms with E-state index in [9.17, 15) is 13.2 Å². The molecule has 5 rings (SSSR count). The van der Waals surface area contributed by atoms with E-state index in [-0.39, 0.29) is 17.3 Å². The number of methoxy groups -OCH3 is 1. The third-order valence-electron chi connectivity index (χ3n) is 5.75. The van der Waals surface area contributed by atoms with E-state index < -0.39 is 10.0 Å². The maximum Gasteiger partial charge on any atom is 0.260 e. The average Bonchev–Trinajstić information content (AvgIpc) is 3.58. The van der Waals surface area contributed by atoms with Crippen molar-refractivity contribution in [2.45, 2.75) is 11.4 Å². The third-order valence-corrected chi connectivity index (χ3v) is 9.20. The Morgan fingerprint density at radius 3 is 2.58 bits per heavy atom. The molecule has 4 aromatic rings. The minimum atomic E-state index is -3.67. The van der Waals surface area contributed by atoms with Gasteiger partial charge in [0, 0.05) is 18.7 Å². The van der Waals surface area contributed by atoms with Crippen molar-refractivity contribution in [1.29, 1.82) is 0 Å². The molecule has 1 saturated heterocycles. The number of aromatic nitrogens is 1. The molecule has 12 heteroatoms.